The van der Waals surface area contributed by atoms with Gasteiger partial charge < -0.3 is 10.1 Å². The molecule has 0 spiro atoms. The lowest BCUT2D eigenvalue weighted by Crippen LogP contribution is -2.11. The van der Waals surface area contributed by atoms with Crippen molar-refractivity contribution in [1.29, 1.82) is 0 Å². The number of H-pyrrole nitrogens is 1. The third-order valence-electron chi connectivity index (χ3n) is 2.44. The van der Waals surface area contributed by atoms with Gasteiger partial charge in [0, 0.05) is 11.8 Å². The minimum Gasteiger partial charge on any atom is -0.392 e. The summed E-state index contributed by atoms with van der Waals surface area (Å²) in [6.07, 6.45) is 1.48. The van der Waals surface area contributed by atoms with Gasteiger partial charge in [-0.15, -0.1) is 0 Å². The molecule has 0 aliphatic rings. The van der Waals surface area contributed by atoms with Crippen molar-refractivity contribution in [3.05, 3.63) is 56.4 Å². The van der Waals surface area contributed by atoms with Gasteiger partial charge in [0.2, 0.25) is 0 Å². The molecule has 1 heterocycles. The van der Waals surface area contributed by atoms with Crippen LogP contribution in [0, 0.1) is 0 Å². The maximum Gasteiger partial charge on any atom is 0.256 e. The van der Waals surface area contributed by atoms with Crippen molar-refractivity contribution in [2.75, 3.05) is 0 Å². The van der Waals surface area contributed by atoms with Crippen molar-refractivity contribution in [2.24, 2.45) is 0 Å². The molecule has 2 N–H and O–H groups in total. The van der Waals surface area contributed by atoms with Gasteiger partial charge in [0.05, 0.1) is 22.2 Å². The molecule has 2 aromatic rings. The van der Waals surface area contributed by atoms with Crippen LogP contribution in [0.1, 0.15) is 5.56 Å². The summed E-state index contributed by atoms with van der Waals surface area (Å²) in [7, 11) is 0. The predicted molar refractivity (Wildman–Crippen MR) is 68.4 cm³/mol. The number of halogens is 2. The average Bonchev–Trinajstić information content (AvgIpc) is 2.33. The first kappa shape index (κ1) is 12.2. The smallest absolute Gasteiger partial charge is 0.256 e. The molecule has 5 heteroatoms. The number of aliphatic hydroxyl groups is 1. The molecular formula is C12H9Cl2NO2. The van der Waals surface area contributed by atoms with Gasteiger partial charge in [-0.1, -0.05) is 35.3 Å². The molecule has 0 aliphatic heterocycles. The van der Waals surface area contributed by atoms with Crippen LogP contribution in [0.15, 0.2) is 35.3 Å². The second-order valence-corrected chi connectivity index (χ2v) is 4.25. The van der Waals surface area contributed by atoms with Gasteiger partial charge in [-0.05, 0) is 17.7 Å². The Morgan fingerprint density at radius 3 is 2.71 bits per heavy atom. The zero-order valence-corrected chi connectivity index (χ0v) is 10.2. The molecule has 0 amide bonds. The van der Waals surface area contributed by atoms with E-state index in [0.717, 1.165) is 0 Å². The van der Waals surface area contributed by atoms with Gasteiger partial charge in [-0.3, -0.25) is 4.79 Å². The van der Waals surface area contributed by atoms with Gasteiger partial charge >= 0.3 is 0 Å². The number of aromatic nitrogens is 1. The van der Waals surface area contributed by atoms with Crippen molar-refractivity contribution < 1.29 is 5.11 Å². The highest BCUT2D eigenvalue weighted by Gasteiger charge is 2.13. The third kappa shape index (κ3) is 2.22. The Morgan fingerprint density at radius 1 is 1.24 bits per heavy atom. The molecule has 17 heavy (non-hydrogen) atoms. The van der Waals surface area contributed by atoms with E-state index in [-0.39, 0.29) is 12.2 Å². The summed E-state index contributed by atoms with van der Waals surface area (Å²) < 4.78 is 0. The minimum atomic E-state index is -0.305. The number of pyridine rings is 1. The monoisotopic (exact) mass is 269 g/mol. The summed E-state index contributed by atoms with van der Waals surface area (Å²) in [6.45, 7) is -0.234. The van der Waals surface area contributed by atoms with Crippen LogP contribution >= 0.6 is 23.2 Å². The zero-order chi connectivity index (χ0) is 12.4. The molecule has 0 atom stereocenters. The third-order valence-corrected chi connectivity index (χ3v) is 3.26. The number of aromatic amines is 1. The number of hydrogen-bond acceptors (Lipinski definition) is 2. The summed E-state index contributed by atoms with van der Waals surface area (Å²) in [5.74, 6) is 0. The van der Waals surface area contributed by atoms with Crippen LogP contribution in [0.25, 0.3) is 11.1 Å². The summed E-state index contributed by atoms with van der Waals surface area (Å²) in [5, 5.41) is 9.91. The van der Waals surface area contributed by atoms with E-state index in [4.69, 9.17) is 23.2 Å². The number of nitrogens with one attached hydrogen (secondary N) is 1. The van der Waals surface area contributed by atoms with E-state index >= 15 is 0 Å². The highest BCUT2D eigenvalue weighted by molar-refractivity contribution is 6.43. The lowest BCUT2D eigenvalue weighted by molar-refractivity contribution is 0.282. The summed E-state index contributed by atoms with van der Waals surface area (Å²) in [5.41, 5.74) is 1.08. The molecule has 1 aromatic carbocycles. The molecule has 3 nitrogen and oxygen atoms in total. The fourth-order valence-corrected chi connectivity index (χ4v) is 2.04. The molecule has 88 valence electrons. The van der Waals surface area contributed by atoms with Crippen LogP contribution in [0.3, 0.4) is 0 Å². The van der Waals surface area contributed by atoms with Crippen molar-refractivity contribution in [2.45, 2.75) is 6.61 Å². The van der Waals surface area contributed by atoms with Crippen LogP contribution in [0.4, 0.5) is 0 Å². The summed E-state index contributed by atoms with van der Waals surface area (Å²) in [6, 6.07) is 6.67. The Balaban J connectivity index is 2.77. The molecule has 0 aliphatic carbocycles. The lowest BCUT2D eigenvalue weighted by Gasteiger charge is -2.08. The Morgan fingerprint density at radius 2 is 2.00 bits per heavy atom. The molecule has 0 saturated heterocycles. The second kappa shape index (κ2) is 4.92. The topological polar surface area (TPSA) is 53.1 Å². The molecule has 1 aromatic heterocycles. The highest BCUT2D eigenvalue weighted by atomic mass is 35.5. The summed E-state index contributed by atoms with van der Waals surface area (Å²) in [4.78, 5) is 14.3. The molecular weight excluding hydrogens is 261 g/mol. The highest BCUT2D eigenvalue weighted by Crippen LogP contribution is 2.33. The van der Waals surface area contributed by atoms with E-state index in [9.17, 15) is 9.90 Å². The molecule has 0 fully saturated rings. The SMILES string of the molecule is O=c1[nH]ccc(CO)c1-c1cccc(Cl)c1Cl. The van der Waals surface area contributed by atoms with E-state index < -0.39 is 0 Å². The number of benzene rings is 1. The first-order valence-electron chi connectivity index (χ1n) is 4.91. The normalized spacial score (nSPS) is 10.5. The first-order valence-corrected chi connectivity index (χ1v) is 5.66. The van der Waals surface area contributed by atoms with Gasteiger partial charge in [0.25, 0.3) is 5.56 Å². The molecule has 0 bridgehead atoms. The van der Waals surface area contributed by atoms with E-state index in [1.165, 1.54) is 6.20 Å². The maximum absolute atomic E-state index is 11.8. The van der Waals surface area contributed by atoms with E-state index in [1.54, 1.807) is 24.3 Å². The largest absolute Gasteiger partial charge is 0.392 e. The van der Waals surface area contributed by atoms with Crippen LogP contribution in [-0.4, -0.2) is 10.1 Å². The quantitative estimate of drug-likeness (QED) is 0.881. The van der Waals surface area contributed by atoms with E-state index in [0.29, 0.717) is 26.7 Å². The number of rotatable bonds is 2. The first-order chi connectivity index (χ1) is 8.15. The Bertz CT molecular complexity index is 608. The van der Waals surface area contributed by atoms with E-state index in [2.05, 4.69) is 4.98 Å². The number of aliphatic hydroxyl groups excluding tert-OH is 1. The zero-order valence-electron chi connectivity index (χ0n) is 8.71. The molecule has 0 saturated carbocycles. The lowest BCUT2D eigenvalue weighted by atomic mass is 10.0. The van der Waals surface area contributed by atoms with E-state index in [1.807, 2.05) is 0 Å². The average molecular weight is 270 g/mol. The van der Waals surface area contributed by atoms with Crippen LogP contribution in [0.5, 0.6) is 0 Å². The van der Waals surface area contributed by atoms with Crippen molar-refractivity contribution >= 4 is 23.2 Å². The Hall–Kier alpha value is -1.29. The van der Waals surface area contributed by atoms with Gasteiger partial charge in [-0.25, -0.2) is 0 Å². The molecule has 0 radical (unpaired) electrons. The Kier molecular flexibility index (Phi) is 3.52. The van der Waals surface area contributed by atoms with Gasteiger partial charge in [0.1, 0.15) is 0 Å². The van der Waals surface area contributed by atoms with Crippen LogP contribution in [-0.2, 0) is 6.61 Å². The van der Waals surface area contributed by atoms with Crippen molar-refractivity contribution in [3.63, 3.8) is 0 Å². The predicted octanol–water partition coefficient (Wildman–Crippen LogP) is 2.84. The standard InChI is InChI=1S/C12H9Cl2NO2/c13-9-3-1-2-8(11(9)14)10-7(6-16)4-5-15-12(10)17/h1-5,16H,6H2,(H,15,17). The van der Waals surface area contributed by atoms with Crippen molar-refractivity contribution in [3.8, 4) is 11.1 Å². The minimum absolute atomic E-state index is 0.234. The summed E-state index contributed by atoms with van der Waals surface area (Å²) >= 11 is 12.0. The van der Waals surface area contributed by atoms with Crippen LogP contribution < -0.4 is 5.56 Å². The van der Waals surface area contributed by atoms with Crippen LogP contribution in [0.2, 0.25) is 10.0 Å². The number of hydrogen-bond donors (Lipinski definition) is 2. The second-order valence-electron chi connectivity index (χ2n) is 3.47. The Labute approximate surface area is 108 Å². The molecule has 0 unspecified atom stereocenters. The fourth-order valence-electron chi connectivity index (χ4n) is 1.64. The van der Waals surface area contributed by atoms with Crippen molar-refractivity contribution in [1.82, 2.24) is 4.98 Å². The fraction of sp³-hybridized carbons (Fsp3) is 0.0833. The molecule has 2 rings (SSSR count). The maximum atomic E-state index is 11.8. The van der Waals surface area contributed by atoms with Gasteiger partial charge in [0.15, 0.2) is 0 Å². The van der Waals surface area contributed by atoms with Gasteiger partial charge in [-0.2, -0.15) is 0 Å².